The average molecular weight is 441 g/mol. The first-order valence-corrected chi connectivity index (χ1v) is 8.87. The van der Waals surface area contributed by atoms with Crippen LogP contribution in [0.4, 0.5) is 0 Å². The number of carbonyl (C=O) groups is 2. The second-order valence-corrected chi connectivity index (χ2v) is 5.86. The molecule has 0 radical (unpaired) electrons. The molecule has 12 nitrogen and oxygen atoms in total. The molecule has 4 aromatic rings. The topological polar surface area (TPSA) is 187 Å². The maximum absolute atomic E-state index is 11.4. The average Bonchev–Trinajstić information content (AvgIpc) is 2.85. The molecule has 0 unspecified atom stereocenters. The van der Waals surface area contributed by atoms with Crippen molar-refractivity contribution in [3.05, 3.63) is 80.9 Å². The first-order chi connectivity index (χ1) is 15.4. The molecule has 0 aliphatic rings. The Morgan fingerprint density at radius 3 is 1.81 bits per heavy atom. The van der Waals surface area contributed by atoms with E-state index in [1.165, 1.54) is 49.5 Å². The van der Waals surface area contributed by atoms with Gasteiger partial charge in [0.1, 0.15) is 0 Å². The van der Waals surface area contributed by atoms with Gasteiger partial charge in [-0.25, -0.2) is 20.2 Å². The number of hydrogen-bond acceptors (Lipinski definition) is 9. The Labute approximate surface area is 179 Å². The van der Waals surface area contributed by atoms with E-state index in [0.717, 1.165) is 7.11 Å². The lowest BCUT2D eigenvalue weighted by atomic mass is 10.1. The SMILES string of the molecule is CO.COC(=O)c1ccc2nc[nH]c(=O)c2c1.O=C(NO)c1ccc2nc[nH]c(=O)c2c1. The predicted octanol–water partition coefficient (Wildman–Crippen LogP) is 0.360. The highest BCUT2D eigenvalue weighted by molar-refractivity contribution is 5.97. The van der Waals surface area contributed by atoms with Crippen LogP contribution in [-0.2, 0) is 4.74 Å². The van der Waals surface area contributed by atoms with Gasteiger partial charge in [0.25, 0.3) is 17.0 Å². The summed E-state index contributed by atoms with van der Waals surface area (Å²) in [5.41, 5.74) is 2.47. The molecule has 2 heterocycles. The monoisotopic (exact) mass is 441 g/mol. The largest absolute Gasteiger partial charge is 0.465 e. The number of hydrogen-bond donors (Lipinski definition) is 5. The van der Waals surface area contributed by atoms with E-state index < -0.39 is 11.9 Å². The summed E-state index contributed by atoms with van der Waals surface area (Å²) in [6.45, 7) is 0. The number of aliphatic hydroxyl groups is 1. The molecule has 12 heteroatoms. The van der Waals surface area contributed by atoms with Crippen molar-refractivity contribution in [2.45, 2.75) is 0 Å². The molecule has 4 rings (SSSR count). The summed E-state index contributed by atoms with van der Waals surface area (Å²) >= 11 is 0. The van der Waals surface area contributed by atoms with E-state index >= 15 is 0 Å². The molecule has 0 bridgehead atoms. The standard InChI is InChI=1S/C10H8N2O3.C9H7N3O3.CH4O/c1-15-10(14)6-2-3-8-7(4-6)9(13)12-5-11-8;13-8(12-15)5-1-2-7-6(3-5)9(14)11-4-10-7;1-2/h2-5H,1H3,(H,11,12,13);1-4,15H,(H,12,13)(H,10,11,14);2H,1H3. The maximum Gasteiger partial charge on any atom is 0.337 e. The van der Waals surface area contributed by atoms with Crippen molar-refractivity contribution < 1.29 is 24.6 Å². The molecule has 0 saturated carbocycles. The van der Waals surface area contributed by atoms with Gasteiger partial charge in [-0.1, -0.05) is 0 Å². The summed E-state index contributed by atoms with van der Waals surface area (Å²) in [7, 11) is 2.29. The molecule has 0 saturated heterocycles. The van der Waals surface area contributed by atoms with Crippen molar-refractivity contribution in [2.75, 3.05) is 14.2 Å². The zero-order valence-electron chi connectivity index (χ0n) is 16.9. The van der Waals surface area contributed by atoms with E-state index in [0.29, 0.717) is 27.4 Å². The van der Waals surface area contributed by atoms with Crippen LogP contribution in [0.1, 0.15) is 20.7 Å². The highest BCUT2D eigenvalue weighted by atomic mass is 16.5. The summed E-state index contributed by atoms with van der Waals surface area (Å²) in [5, 5.41) is 16.1. The van der Waals surface area contributed by atoms with Gasteiger partial charge in [0.15, 0.2) is 0 Å². The normalized spacial score (nSPS) is 9.75. The highest BCUT2D eigenvalue weighted by Crippen LogP contribution is 2.10. The molecule has 32 heavy (non-hydrogen) atoms. The Hall–Kier alpha value is -4.42. The molecule has 0 aliphatic carbocycles. The van der Waals surface area contributed by atoms with Crippen LogP contribution in [0, 0.1) is 0 Å². The second-order valence-electron chi connectivity index (χ2n) is 5.86. The Morgan fingerprint density at radius 2 is 1.34 bits per heavy atom. The first-order valence-electron chi connectivity index (χ1n) is 8.87. The number of nitrogens with zero attached hydrogens (tertiary/aromatic N) is 2. The fourth-order valence-electron chi connectivity index (χ4n) is 2.59. The Balaban J connectivity index is 0.000000211. The van der Waals surface area contributed by atoms with Crippen LogP contribution in [0.25, 0.3) is 21.8 Å². The zero-order valence-corrected chi connectivity index (χ0v) is 16.9. The number of carbonyl (C=O) groups excluding carboxylic acids is 2. The van der Waals surface area contributed by atoms with Crippen molar-refractivity contribution >= 4 is 33.7 Å². The molecule has 0 atom stereocenters. The predicted molar refractivity (Wildman–Crippen MR) is 113 cm³/mol. The molecular weight excluding hydrogens is 422 g/mol. The lowest BCUT2D eigenvalue weighted by molar-refractivity contribution is 0.0600. The van der Waals surface area contributed by atoms with E-state index in [1.807, 2.05) is 0 Å². The number of aliphatic hydroxyl groups excluding tert-OH is 1. The van der Waals surface area contributed by atoms with E-state index in [4.69, 9.17) is 10.3 Å². The molecular formula is C20H19N5O7. The number of amides is 1. The molecule has 5 N–H and O–H groups in total. The third kappa shape index (κ3) is 5.38. The highest BCUT2D eigenvalue weighted by Gasteiger charge is 2.08. The third-order valence-electron chi connectivity index (χ3n) is 4.07. The van der Waals surface area contributed by atoms with E-state index in [-0.39, 0.29) is 16.7 Å². The second kappa shape index (κ2) is 11.1. The van der Waals surface area contributed by atoms with Crippen molar-refractivity contribution in [3.8, 4) is 0 Å². The van der Waals surface area contributed by atoms with E-state index in [9.17, 15) is 19.2 Å². The first kappa shape index (κ1) is 23.9. The minimum absolute atomic E-state index is 0.198. The van der Waals surface area contributed by atoms with E-state index in [2.05, 4.69) is 24.7 Å². The van der Waals surface area contributed by atoms with Crippen LogP contribution in [-0.4, -0.2) is 56.3 Å². The number of fused-ring (bicyclic) bond motifs is 2. The molecule has 166 valence electrons. The number of H-pyrrole nitrogens is 2. The molecule has 0 aliphatic heterocycles. The lowest BCUT2D eigenvalue weighted by Gasteiger charge is -2.00. The van der Waals surface area contributed by atoms with Crippen LogP contribution in [0.5, 0.6) is 0 Å². The van der Waals surface area contributed by atoms with Gasteiger partial charge in [-0.2, -0.15) is 0 Å². The van der Waals surface area contributed by atoms with Gasteiger partial charge in [-0.3, -0.25) is 19.6 Å². The number of nitrogens with one attached hydrogen (secondary N) is 3. The maximum atomic E-state index is 11.4. The van der Waals surface area contributed by atoms with Crippen molar-refractivity contribution in [1.29, 1.82) is 0 Å². The van der Waals surface area contributed by atoms with Crippen molar-refractivity contribution in [3.63, 3.8) is 0 Å². The molecule has 1 amide bonds. The molecule has 0 spiro atoms. The smallest absolute Gasteiger partial charge is 0.337 e. The molecule has 2 aromatic heterocycles. The minimum atomic E-state index is -0.667. The third-order valence-corrected chi connectivity index (χ3v) is 4.07. The Morgan fingerprint density at radius 1 is 0.875 bits per heavy atom. The van der Waals surface area contributed by atoms with Gasteiger partial charge in [0.05, 0.1) is 47.1 Å². The summed E-state index contributed by atoms with van der Waals surface area (Å²) in [6.07, 6.45) is 2.61. The van der Waals surface area contributed by atoms with Crippen LogP contribution >= 0.6 is 0 Å². The number of benzene rings is 2. The number of aromatic nitrogens is 4. The number of ether oxygens (including phenoxy) is 1. The van der Waals surface area contributed by atoms with Crippen LogP contribution in [0.2, 0.25) is 0 Å². The van der Waals surface area contributed by atoms with Gasteiger partial charge in [0, 0.05) is 12.7 Å². The van der Waals surface area contributed by atoms with Crippen LogP contribution in [0.15, 0.2) is 58.6 Å². The summed E-state index contributed by atoms with van der Waals surface area (Å²) in [4.78, 5) is 57.8. The molecule has 2 aromatic carbocycles. The quantitative estimate of drug-likeness (QED) is 0.166. The number of rotatable bonds is 2. The Kier molecular flexibility index (Phi) is 8.28. The molecule has 0 fully saturated rings. The minimum Gasteiger partial charge on any atom is -0.465 e. The van der Waals surface area contributed by atoms with Gasteiger partial charge in [-0.15, -0.1) is 0 Å². The van der Waals surface area contributed by atoms with Crippen LogP contribution in [0.3, 0.4) is 0 Å². The lowest BCUT2D eigenvalue weighted by Crippen LogP contribution is -2.19. The fraction of sp³-hybridized carbons (Fsp3) is 0.100. The van der Waals surface area contributed by atoms with E-state index in [1.54, 1.807) is 12.1 Å². The number of hydroxylamine groups is 1. The summed E-state index contributed by atoms with van der Waals surface area (Å²) in [5.74, 6) is -1.14. The van der Waals surface area contributed by atoms with Gasteiger partial charge < -0.3 is 19.8 Å². The summed E-state index contributed by atoms with van der Waals surface area (Å²) < 4.78 is 4.55. The fourth-order valence-corrected chi connectivity index (χ4v) is 2.59. The summed E-state index contributed by atoms with van der Waals surface area (Å²) in [6, 6.07) is 9.02. The van der Waals surface area contributed by atoms with Gasteiger partial charge in [-0.05, 0) is 36.4 Å². The van der Waals surface area contributed by atoms with Crippen molar-refractivity contribution in [1.82, 2.24) is 25.4 Å². The van der Waals surface area contributed by atoms with Gasteiger partial charge >= 0.3 is 5.97 Å². The van der Waals surface area contributed by atoms with Crippen molar-refractivity contribution in [2.24, 2.45) is 0 Å². The number of methoxy groups -OCH3 is 1. The number of esters is 1. The van der Waals surface area contributed by atoms with Crippen LogP contribution < -0.4 is 16.6 Å². The Bertz CT molecular complexity index is 1260. The zero-order chi connectivity index (χ0) is 23.7. The number of aromatic amines is 2. The van der Waals surface area contributed by atoms with Gasteiger partial charge in [0.2, 0.25) is 0 Å².